The third-order valence-electron chi connectivity index (χ3n) is 21.5. The Labute approximate surface area is 709 Å². The topological polar surface area (TPSA) is 355 Å². The highest BCUT2D eigenvalue weighted by atomic mass is 16.3. The van der Waals surface area contributed by atoms with Crippen LogP contribution in [0, 0.1) is 80.1 Å². The maximum absolute atomic E-state index is 9.89. The van der Waals surface area contributed by atoms with E-state index in [4.69, 9.17) is 0 Å². The van der Waals surface area contributed by atoms with Crippen LogP contribution >= 0.6 is 0 Å². The van der Waals surface area contributed by atoms with Gasteiger partial charge in [0.2, 0.25) is 0 Å². The monoisotopic (exact) mass is 1630 g/mol. The van der Waals surface area contributed by atoms with E-state index in [1.54, 1.807) is 25.3 Å². The summed E-state index contributed by atoms with van der Waals surface area (Å²) in [4.78, 5) is 35.4. The van der Waals surface area contributed by atoms with Gasteiger partial charge in [-0.05, 0) is 220 Å². The lowest BCUT2D eigenvalue weighted by Gasteiger charge is -2.28. The van der Waals surface area contributed by atoms with Gasteiger partial charge >= 0.3 is 0 Å². The Morgan fingerprint density at radius 3 is 0.983 bits per heavy atom. The first-order valence-electron chi connectivity index (χ1n) is 40.9. The summed E-state index contributed by atoms with van der Waals surface area (Å²) in [7, 11) is 0. The summed E-state index contributed by atoms with van der Waals surface area (Å²) in [6.07, 6.45) is 21.1. The molecule has 12 aromatic heterocycles. The Hall–Kier alpha value is -12.8. The predicted octanol–water partition coefficient (Wildman–Crippen LogP) is 17.1. The molecule has 0 unspecified atom stereocenters. The molecule has 12 heterocycles. The molecule has 0 saturated heterocycles. The van der Waals surface area contributed by atoms with Crippen LogP contribution < -0.4 is 21.3 Å². The summed E-state index contributed by atoms with van der Waals surface area (Å²) in [6.45, 7) is 32.3. The molecule has 2 aromatic carbocycles. The minimum atomic E-state index is -0.181. The summed E-state index contributed by atoms with van der Waals surface area (Å²) in [5.74, 6) is 4.69. The summed E-state index contributed by atoms with van der Waals surface area (Å²) < 4.78 is 7.44. The zero-order valence-electron chi connectivity index (χ0n) is 71.4. The number of hydrogen-bond donors (Lipinski definition) is 8. The normalized spacial score (nSPS) is 13.0. The molecule has 28 heteroatoms. The number of nitrogens with one attached hydrogen (secondary N) is 4. The van der Waals surface area contributed by atoms with Crippen LogP contribution in [0.1, 0.15) is 185 Å². The molecule has 14 aromatic rings. The Bertz CT molecular complexity index is 5740. The van der Waals surface area contributed by atoms with E-state index in [2.05, 4.69) is 194 Å². The molecule has 0 bridgehead atoms. The second-order valence-electron chi connectivity index (χ2n) is 31.6. The second kappa shape index (κ2) is 41.3. The number of benzene rings is 2. The van der Waals surface area contributed by atoms with E-state index >= 15 is 0 Å². The molecule has 15 rings (SSSR count). The lowest BCUT2D eigenvalue weighted by Crippen LogP contribution is -2.28. The summed E-state index contributed by atoms with van der Waals surface area (Å²) in [5.41, 5.74) is 22.2. The van der Waals surface area contributed by atoms with E-state index in [-0.39, 0.29) is 45.9 Å². The van der Waals surface area contributed by atoms with Crippen molar-refractivity contribution in [2.75, 3.05) is 21.3 Å². The minimum absolute atomic E-state index is 0. The lowest BCUT2D eigenvalue weighted by molar-refractivity contribution is 0.276. The van der Waals surface area contributed by atoms with Crippen LogP contribution in [-0.4, -0.2) is 131 Å². The molecule has 0 aliphatic heterocycles. The number of pyridine rings is 4. The van der Waals surface area contributed by atoms with Gasteiger partial charge in [0.1, 0.15) is 22.8 Å². The van der Waals surface area contributed by atoms with Crippen molar-refractivity contribution in [1.29, 1.82) is 0 Å². The number of imidazole rings is 4. The van der Waals surface area contributed by atoms with Gasteiger partial charge in [0.05, 0.1) is 155 Å². The maximum atomic E-state index is 9.89. The van der Waals surface area contributed by atoms with Crippen molar-refractivity contribution in [1.82, 2.24) is 98.9 Å². The van der Waals surface area contributed by atoms with Gasteiger partial charge in [-0.2, -0.15) is 0 Å². The third-order valence-corrected chi connectivity index (χ3v) is 21.5. The van der Waals surface area contributed by atoms with Crippen molar-refractivity contribution in [3.8, 4) is 68.3 Å². The van der Waals surface area contributed by atoms with Crippen LogP contribution in [0.3, 0.4) is 0 Å². The van der Waals surface area contributed by atoms with E-state index in [1.807, 2.05) is 189 Å². The standard InChI is InChI=1S/C26H30N6O.C23H30N6O.C23H24N6O.C20H26N6O.CH4/c1-16(2)25(20-8-6-17(3)7-9-20)29-26-18(4)12-22(30-31-26)21-10-11-24(23(14-33)28-21)32-13-19(5)27-15-32;2*1-15-11-20(27-28-23(15)25-17(3)18-7-5-4-6-8-18)19-9-10-22(21(13-30)26-19)29-12-16(2)24-14-29;1-12(2)15(5)22-20-13(3)8-17(24-25-20)16-6-7-19(18(10-27)23-16)26-9-14(4)21-11-26;/h6-13,15-16,25,33H,14H2,1-5H3,(H,29,31);9-12,14,17-18,30H,4-8,13H2,1-3H3,(H,25,28);4-12,14,17,30H,13H2,1-3H3,(H,25,28);6-9,11-12,15,27H,10H2,1-5H3,(H,22,25);1H4/t25-;2*17-;15-;/m0000./s1. The average molecular weight is 1630 g/mol. The molecule has 1 aliphatic rings. The van der Waals surface area contributed by atoms with E-state index in [1.165, 1.54) is 48.8 Å². The fourth-order valence-corrected chi connectivity index (χ4v) is 14.1. The van der Waals surface area contributed by atoms with Gasteiger partial charge in [0.25, 0.3) is 0 Å². The summed E-state index contributed by atoms with van der Waals surface area (Å²) in [5, 5.41) is 88.5. The van der Waals surface area contributed by atoms with E-state index in [0.29, 0.717) is 98.2 Å². The molecule has 1 aliphatic carbocycles. The van der Waals surface area contributed by atoms with Crippen molar-refractivity contribution in [3.63, 3.8) is 0 Å². The Morgan fingerprint density at radius 2 is 0.678 bits per heavy atom. The SMILES string of the molecule is C.Cc1ccc([C@@H](Nc2nnc(-c3ccc(-n4cnc(C)c4)c(CO)n3)cc2C)C(C)C)cc1.Cc1cn(-c2ccc(-c3cc(C)c(N[C@@H](C)C(C)C)nn3)nc2CO)cn1.Cc1cn(-c2ccc(-c3cc(C)c(N[C@@H](C)C4CCCCC4)nn3)nc2CO)cn1.Cc1cn(-c2ccc(-c3cc(C)c(N[C@@H](C)c4ccccc4)nn3)nc2CO)cn1. The van der Waals surface area contributed by atoms with Crippen molar-refractivity contribution in [2.45, 2.75) is 201 Å². The third kappa shape index (κ3) is 22.6. The molecule has 1 saturated carbocycles. The van der Waals surface area contributed by atoms with Crippen molar-refractivity contribution in [2.24, 2.45) is 17.8 Å². The Balaban J connectivity index is 0.000000158. The fraction of sp³-hybridized carbons (Fsp3) is 0.355. The number of hydrogen-bond acceptors (Lipinski definition) is 24. The number of aliphatic hydroxyl groups is 4. The number of aliphatic hydroxyl groups excluding tert-OH is 4. The largest absolute Gasteiger partial charge is 0.390 e. The van der Waals surface area contributed by atoms with Gasteiger partial charge in [0.15, 0.2) is 23.3 Å². The highest BCUT2D eigenvalue weighted by molar-refractivity contribution is 5.64. The number of rotatable bonds is 25. The smallest absolute Gasteiger partial charge is 0.152 e. The molecule has 0 amide bonds. The molecule has 1 fully saturated rings. The van der Waals surface area contributed by atoms with Gasteiger partial charge in [-0.3, -0.25) is 0 Å². The first-order chi connectivity index (χ1) is 57.8. The first-order valence-corrected chi connectivity index (χ1v) is 40.9. The molecule has 121 heavy (non-hydrogen) atoms. The van der Waals surface area contributed by atoms with Crippen LogP contribution in [0.15, 0.2) is 177 Å². The number of aryl methyl sites for hydroxylation is 9. The molecular formula is C93H114N24O4. The number of nitrogens with zero attached hydrogens (tertiary/aromatic N) is 20. The zero-order valence-corrected chi connectivity index (χ0v) is 71.4. The summed E-state index contributed by atoms with van der Waals surface area (Å²) in [6, 6.07) is 42.9. The van der Waals surface area contributed by atoms with Crippen LogP contribution in [0.5, 0.6) is 0 Å². The van der Waals surface area contributed by atoms with E-state index in [9.17, 15) is 20.4 Å². The van der Waals surface area contributed by atoms with Gasteiger partial charge < -0.3 is 60.0 Å². The molecule has 8 N–H and O–H groups in total. The van der Waals surface area contributed by atoms with Gasteiger partial charge in [-0.25, -0.2) is 39.9 Å². The average Bonchev–Trinajstić information content (AvgIpc) is 1.81. The molecular weight excluding hydrogens is 1520 g/mol. The van der Waals surface area contributed by atoms with Crippen molar-refractivity contribution < 1.29 is 20.4 Å². The molecule has 28 nitrogen and oxygen atoms in total. The molecule has 0 radical (unpaired) electrons. The van der Waals surface area contributed by atoms with Crippen molar-refractivity contribution >= 4 is 23.3 Å². The first kappa shape index (κ1) is 89.0. The molecule has 630 valence electrons. The zero-order chi connectivity index (χ0) is 85.3. The minimum Gasteiger partial charge on any atom is -0.390 e. The van der Waals surface area contributed by atoms with Crippen molar-refractivity contribution in [3.05, 3.63) is 262 Å². The number of aromatic nitrogens is 20. The quantitative estimate of drug-likeness (QED) is 0.0263. The highest BCUT2D eigenvalue weighted by Crippen LogP contribution is 2.34. The second-order valence-corrected chi connectivity index (χ2v) is 31.6. The lowest BCUT2D eigenvalue weighted by atomic mass is 9.84. The van der Waals surface area contributed by atoms with Gasteiger partial charge in [-0.15, -0.1) is 40.8 Å². The van der Waals surface area contributed by atoms with E-state index in [0.717, 1.165) is 91.1 Å². The van der Waals surface area contributed by atoms with Crippen LogP contribution in [0.4, 0.5) is 23.3 Å². The van der Waals surface area contributed by atoms with Gasteiger partial charge in [-0.1, -0.05) is 115 Å². The predicted molar refractivity (Wildman–Crippen MR) is 476 cm³/mol. The Morgan fingerprint density at radius 1 is 0.347 bits per heavy atom. The van der Waals surface area contributed by atoms with Crippen LogP contribution in [-0.2, 0) is 26.4 Å². The Kier molecular flexibility index (Phi) is 30.4. The summed E-state index contributed by atoms with van der Waals surface area (Å²) >= 11 is 0. The molecule has 0 spiro atoms. The fourth-order valence-electron chi connectivity index (χ4n) is 14.1. The highest BCUT2D eigenvalue weighted by Gasteiger charge is 2.24. The van der Waals surface area contributed by atoms with Crippen LogP contribution in [0.25, 0.3) is 68.3 Å². The van der Waals surface area contributed by atoms with E-state index < -0.39 is 0 Å². The maximum Gasteiger partial charge on any atom is 0.152 e. The van der Waals surface area contributed by atoms with Crippen LogP contribution in [0.2, 0.25) is 0 Å². The molecule has 4 atom stereocenters. The van der Waals surface area contributed by atoms with Gasteiger partial charge in [0, 0.05) is 36.9 Å². The number of anilines is 4.